The molecule has 0 saturated heterocycles. The van der Waals surface area contributed by atoms with Gasteiger partial charge in [-0.1, -0.05) is 55.8 Å². The minimum Gasteiger partial charge on any atom is -0.463 e. The summed E-state index contributed by atoms with van der Waals surface area (Å²) in [6, 6.07) is 15.2. The summed E-state index contributed by atoms with van der Waals surface area (Å²) in [6.45, 7) is 4.49. The van der Waals surface area contributed by atoms with E-state index in [1.54, 1.807) is 44.1 Å². The highest BCUT2D eigenvalue weighted by Crippen LogP contribution is 2.37. The number of unbranched alkanes of at least 4 members (excludes halogenated alkanes) is 1. The number of carbonyl (C=O) groups excluding carboxylic acids is 3. The summed E-state index contributed by atoms with van der Waals surface area (Å²) < 4.78 is 5.45. The van der Waals surface area contributed by atoms with Crippen molar-refractivity contribution >= 4 is 29.4 Å². The number of benzene rings is 2. The van der Waals surface area contributed by atoms with Gasteiger partial charge in [-0.3, -0.25) is 4.90 Å². The average Bonchev–Trinajstić information content (AvgIpc) is 2.83. The summed E-state index contributed by atoms with van der Waals surface area (Å²) in [5.41, 5.74) is 2.89. The van der Waals surface area contributed by atoms with E-state index in [-0.39, 0.29) is 18.7 Å². The van der Waals surface area contributed by atoms with Crippen molar-refractivity contribution in [3.05, 3.63) is 71.3 Å². The van der Waals surface area contributed by atoms with E-state index in [0.717, 1.165) is 18.4 Å². The van der Waals surface area contributed by atoms with Crippen LogP contribution in [0.15, 0.2) is 60.2 Å². The molecule has 8 heteroatoms. The molecule has 3 rings (SSSR count). The standard InChI is InChI=1S/C26H32N4O4/c1-5-7-16-30-23(18-12-9-8-10-13-18)21(24(31)34-6-2)22(28-26(30)33)19-14-11-15-20(17-19)27-25(32)29(3)4/h8-15,17,22H,5-7,16H2,1-4H3,(H,27,32)(H,28,33)/t22-/m0/s1. The highest BCUT2D eigenvalue weighted by atomic mass is 16.5. The van der Waals surface area contributed by atoms with Crippen molar-refractivity contribution in [3.63, 3.8) is 0 Å². The van der Waals surface area contributed by atoms with Crippen molar-refractivity contribution in [1.29, 1.82) is 0 Å². The molecule has 2 aromatic carbocycles. The van der Waals surface area contributed by atoms with Gasteiger partial charge in [-0.05, 0) is 36.6 Å². The van der Waals surface area contributed by atoms with Crippen LogP contribution in [0.5, 0.6) is 0 Å². The zero-order valence-corrected chi connectivity index (χ0v) is 20.1. The van der Waals surface area contributed by atoms with Crippen LogP contribution < -0.4 is 10.6 Å². The second kappa shape index (κ2) is 11.4. The van der Waals surface area contributed by atoms with Gasteiger partial charge in [0.15, 0.2) is 0 Å². The first-order valence-corrected chi connectivity index (χ1v) is 11.5. The van der Waals surface area contributed by atoms with Crippen LogP contribution in [0.4, 0.5) is 15.3 Å². The largest absolute Gasteiger partial charge is 0.463 e. The molecule has 1 aliphatic rings. The summed E-state index contributed by atoms with van der Waals surface area (Å²) in [7, 11) is 3.30. The van der Waals surface area contributed by atoms with Crippen molar-refractivity contribution in [2.45, 2.75) is 32.7 Å². The molecule has 8 nitrogen and oxygen atoms in total. The molecule has 180 valence electrons. The average molecular weight is 465 g/mol. The number of carbonyl (C=O) groups is 3. The van der Waals surface area contributed by atoms with Crippen LogP contribution in [0.1, 0.15) is 43.9 Å². The Morgan fingerprint density at radius 1 is 1.09 bits per heavy atom. The predicted molar refractivity (Wildman–Crippen MR) is 132 cm³/mol. The Bertz CT molecular complexity index is 1070. The Balaban J connectivity index is 2.17. The topological polar surface area (TPSA) is 91.0 Å². The van der Waals surface area contributed by atoms with Crippen LogP contribution in [0, 0.1) is 0 Å². The van der Waals surface area contributed by atoms with E-state index in [4.69, 9.17) is 4.74 Å². The van der Waals surface area contributed by atoms with Crippen molar-refractivity contribution in [2.24, 2.45) is 0 Å². The van der Waals surface area contributed by atoms with Crippen LogP contribution in [0.25, 0.3) is 5.70 Å². The molecule has 1 aliphatic heterocycles. The van der Waals surface area contributed by atoms with Crippen LogP contribution in [0.3, 0.4) is 0 Å². The van der Waals surface area contributed by atoms with E-state index in [1.807, 2.05) is 36.4 Å². The maximum absolute atomic E-state index is 13.3. The molecule has 34 heavy (non-hydrogen) atoms. The normalized spacial score (nSPS) is 15.6. The molecule has 2 N–H and O–H groups in total. The van der Waals surface area contributed by atoms with Gasteiger partial charge < -0.3 is 20.3 Å². The molecule has 0 unspecified atom stereocenters. The number of anilines is 1. The third-order valence-corrected chi connectivity index (χ3v) is 5.48. The summed E-state index contributed by atoms with van der Waals surface area (Å²) in [5.74, 6) is -0.490. The molecule has 1 atom stereocenters. The second-order valence-corrected chi connectivity index (χ2v) is 8.19. The van der Waals surface area contributed by atoms with Gasteiger partial charge in [0.05, 0.1) is 23.9 Å². The Kier molecular flexibility index (Phi) is 8.29. The lowest BCUT2D eigenvalue weighted by Crippen LogP contribution is -2.48. The van der Waals surface area contributed by atoms with Gasteiger partial charge in [0.1, 0.15) is 0 Å². The molecule has 1 heterocycles. The molecule has 0 aliphatic carbocycles. The molecule has 0 aromatic heterocycles. The van der Waals surface area contributed by atoms with E-state index < -0.39 is 12.0 Å². The highest BCUT2D eigenvalue weighted by Gasteiger charge is 2.38. The lowest BCUT2D eigenvalue weighted by Gasteiger charge is -2.37. The SMILES string of the molecule is CCCCN1C(=O)N[C@@H](c2cccc(NC(=O)N(C)C)c2)C(C(=O)OCC)=C1c1ccccc1. The molecular weight excluding hydrogens is 432 g/mol. The number of urea groups is 2. The predicted octanol–water partition coefficient (Wildman–Crippen LogP) is 4.62. The Morgan fingerprint density at radius 3 is 2.47 bits per heavy atom. The Morgan fingerprint density at radius 2 is 1.82 bits per heavy atom. The summed E-state index contributed by atoms with van der Waals surface area (Å²) in [4.78, 5) is 41.8. The number of rotatable bonds is 8. The van der Waals surface area contributed by atoms with E-state index in [0.29, 0.717) is 29.1 Å². The van der Waals surface area contributed by atoms with Gasteiger partial charge in [0, 0.05) is 26.3 Å². The molecule has 0 spiro atoms. The van der Waals surface area contributed by atoms with Crippen molar-refractivity contribution in [3.8, 4) is 0 Å². The van der Waals surface area contributed by atoms with E-state index in [9.17, 15) is 14.4 Å². The first kappa shape index (κ1) is 24.8. The van der Waals surface area contributed by atoms with Gasteiger partial charge in [0.2, 0.25) is 0 Å². The van der Waals surface area contributed by atoms with Crippen molar-refractivity contribution < 1.29 is 19.1 Å². The number of hydrogen-bond acceptors (Lipinski definition) is 4. The number of nitrogens with zero attached hydrogens (tertiary/aromatic N) is 2. The molecular formula is C26H32N4O4. The van der Waals surface area contributed by atoms with Gasteiger partial charge in [0.25, 0.3) is 0 Å². The fraction of sp³-hybridized carbons (Fsp3) is 0.346. The number of amides is 4. The maximum Gasteiger partial charge on any atom is 0.338 e. The molecule has 0 bridgehead atoms. The van der Waals surface area contributed by atoms with Gasteiger partial charge >= 0.3 is 18.0 Å². The van der Waals surface area contributed by atoms with Crippen LogP contribution in [-0.2, 0) is 9.53 Å². The third-order valence-electron chi connectivity index (χ3n) is 5.48. The monoisotopic (exact) mass is 464 g/mol. The number of nitrogens with one attached hydrogen (secondary N) is 2. The molecule has 4 amide bonds. The van der Waals surface area contributed by atoms with Gasteiger partial charge in [-0.15, -0.1) is 0 Å². The second-order valence-electron chi connectivity index (χ2n) is 8.19. The zero-order chi connectivity index (χ0) is 24.7. The van der Waals surface area contributed by atoms with Crippen LogP contribution >= 0.6 is 0 Å². The van der Waals surface area contributed by atoms with Gasteiger partial charge in [-0.25, -0.2) is 14.4 Å². The van der Waals surface area contributed by atoms with Gasteiger partial charge in [-0.2, -0.15) is 0 Å². The first-order chi connectivity index (χ1) is 16.4. The molecule has 2 aromatic rings. The Labute approximate surface area is 200 Å². The number of esters is 1. The van der Waals surface area contributed by atoms with Crippen LogP contribution in [0.2, 0.25) is 0 Å². The fourth-order valence-electron chi connectivity index (χ4n) is 3.80. The van der Waals surface area contributed by atoms with Crippen molar-refractivity contribution in [2.75, 3.05) is 32.6 Å². The number of hydrogen-bond donors (Lipinski definition) is 2. The smallest absolute Gasteiger partial charge is 0.338 e. The third kappa shape index (κ3) is 5.57. The van der Waals surface area contributed by atoms with E-state index in [1.165, 1.54) is 4.90 Å². The highest BCUT2D eigenvalue weighted by molar-refractivity contribution is 6.04. The lowest BCUT2D eigenvalue weighted by molar-refractivity contribution is -0.138. The first-order valence-electron chi connectivity index (χ1n) is 11.5. The molecule has 0 fully saturated rings. The minimum absolute atomic E-state index is 0.207. The minimum atomic E-state index is -0.740. The number of ether oxygens (including phenoxy) is 1. The maximum atomic E-state index is 13.3. The summed E-state index contributed by atoms with van der Waals surface area (Å²) in [5, 5.41) is 5.80. The zero-order valence-electron chi connectivity index (χ0n) is 20.1. The summed E-state index contributed by atoms with van der Waals surface area (Å²) in [6.07, 6.45) is 1.69. The molecule has 0 radical (unpaired) electrons. The summed E-state index contributed by atoms with van der Waals surface area (Å²) >= 11 is 0. The van der Waals surface area contributed by atoms with E-state index >= 15 is 0 Å². The van der Waals surface area contributed by atoms with Crippen LogP contribution in [-0.4, -0.2) is 55.1 Å². The molecule has 0 saturated carbocycles. The Hall–Kier alpha value is -3.81. The van der Waals surface area contributed by atoms with Crippen molar-refractivity contribution in [1.82, 2.24) is 15.1 Å². The lowest BCUT2D eigenvalue weighted by atomic mass is 9.91. The van der Waals surface area contributed by atoms with E-state index in [2.05, 4.69) is 17.6 Å². The fourth-order valence-corrected chi connectivity index (χ4v) is 3.80. The quantitative estimate of drug-likeness (QED) is 0.558.